The van der Waals surface area contributed by atoms with Crippen molar-refractivity contribution in [2.75, 3.05) is 12.4 Å². The molecule has 1 amide bonds. The Morgan fingerprint density at radius 2 is 1.91 bits per heavy atom. The summed E-state index contributed by atoms with van der Waals surface area (Å²) in [6.07, 6.45) is 0. The highest BCUT2D eigenvalue weighted by Crippen LogP contribution is 2.24. The first kappa shape index (κ1) is 14.1. The van der Waals surface area contributed by atoms with Gasteiger partial charge in [0.25, 0.3) is 5.91 Å². The number of carbonyl (C=O) groups is 1. The van der Waals surface area contributed by atoms with Crippen molar-refractivity contribution in [2.45, 2.75) is 6.92 Å². The van der Waals surface area contributed by atoms with E-state index >= 15 is 0 Å². The smallest absolute Gasteiger partial charge is 0.263 e. The average Bonchev–Trinajstić information content (AvgIpc) is 2.80. The summed E-state index contributed by atoms with van der Waals surface area (Å²) in [5, 5.41) is 9.35. The van der Waals surface area contributed by atoms with Crippen LogP contribution in [0.3, 0.4) is 0 Å². The minimum Gasteiger partial charge on any atom is -0.481 e. The molecule has 0 bridgehead atoms. The molecule has 0 saturated heterocycles. The highest BCUT2D eigenvalue weighted by molar-refractivity contribution is 6.07. The van der Waals surface area contributed by atoms with Crippen LogP contribution in [0.5, 0.6) is 5.88 Å². The lowest BCUT2D eigenvalue weighted by Crippen LogP contribution is -2.13. The minimum absolute atomic E-state index is 0.224. The minimum atomic E-state index is -0.224. The molecule has 1 aromatic heterocycles. The summed E-state index contributed by atoms with van der Waals surface area (Å²) in [5.41, 5.74) is 1.84. The quantitative estimate of drug-likeness (QED) is 0.807. The Balaban J connectivity index is 1.93. The molecule has 1 N–H and O–H groups in total. The van der Waals surface area contributed by atoms with E-state index in [1.165, 1.54) is 7.11 Å². The monoisotopic (exact) mass is 295 g/mol. The fraction of sp³-hybridized carbons (Fsp3) is 0.176. The number of fused-ring (bicyclic) bond motifs is 1. The molecule has 1 heterocycles. The molecular formula is C17H17N3O2. The van der Waals surface area contributed by atoms with E-state index < -0.39 is 0 Å². The molecule has 5 heteroatoms. The number of ether oxygens (including phenoxy) is 1. The number of amides is 1. The molecule has 22 heavy (non-hydrogen) atoms. The van der Waals surface area contributed by atoms with Crippen LogP contribution in [0, 0.1) is 6.92 Å². The van der Waals surface area contributed by atoms with Crippen molar-refractivity contribution in [2.24, 2.45) is 7.05 Å². The number of hydrogen-bond donors (Lipinski definition) is 1. The third-order valence-electron chi connectivity index (χ3n) is 3.60. The maximum absolute atomic E-state index is 12.5. The number of nitrogens with zero attached hydrogens (tertiary/aromatic N) is 2. The summed E-state index contributed by atoms with van der Waals surface area (Å²) < 4.78 is 6.83. The predicted octanol–water partition coefficient (Wildman–Crippen LogP) is 3.14. The van der Waals surface area contributed by atoms with Crippen molar-refractivity contribution in [3.05, 3.63) is 53.7 Å². The van der Waals surface area contributed by atoms with E-state index in [2.05, 4.69) is 10.4 Å². The van der Waals surface area contributed by atoms with Gasteiger partial charge in [-0.3, -0.25) is 4.79 Å². The summed E-state index contributed by atoms with van der Waals surface area (Å²) >= 11 is 0. The molecule has 0 radical (unpaired) electrons. The zero-order chi connectivity index (χ0) is 15.7. The van der Waals surface area contributed by atoms with Gasteiger partial charge in [0.2, 0.25) is 5.88 Å². The van der Waals surface area contributed by atoms with Gasteiger partial charge in [-0.1, -0.05) is 30.3 Å². The standard InChI is InChI=1S/C17H17N3O2/c1-11-15(17(22-3)20(2)19-11)16(21)18-14-9-8-12-6-4-5-7-13(12)10-14/h4-10H,1-3H3,(H,18,21). The molecule has 0 atom stereocenters. The molecule has 0 aliphatic heterocycles. The molecule has 2 aromatic carbocycles. The molecule has 5 nitrogen and oxygen atoms in total. The number of aromatic nitrogens is 2. The lowest BCUT2D eigenvalue weighted by molar-refractivity contribution is 0.102. The topological polar surface area (TPSA) is 56.1 Å². The van der Waals surface area contributed by atoms with E-state index in [0.29, 0.717) is 17.1 Å². The Hall–Kier alpha value is -2.82. The Labute approximate surface area is 128 Å². The Kier molecular flexibility index (Phi) is 3.55. The lowest BCUT2D eigenvalue weighted by atomic mass is 10.1. The number of rotatable bonds is 3. The molecule has 0 unspecified atom stereocenters. The van der Waals surface area contributed by atoms with Gasteiger partial charge in [-0.15, -0.1) is 0 Å². The van der Waals surface area contributed by atoms with Crippen molar-refractivity contribution in [1.82, 2.24) is 9.78 Å². The Bertz CT molecular complexity index is 852. The van der Waals surface area contributed by atoms with Crippen molar-refractivity contribution in [3.63, 3.8) is 0 Å². The highest BCUT2D eigenvalue weighted by Gasteiger charge is 2.21. The first-order valence-electron chi connectivity index (χ1n) is 6.98. The van der Waals surface area contributed by atoms with Crippen LogP contribution in [0.1, 0.15) is 16.1 Å². The van der Waals surface area contributed by atoms with Crippen LogP contribution < -0.4 is 10.1 Å². The van der Waals surface area contributed by atoms with Crippen LogP contribution in [-0.4, -0.2) is 22.8 Å². The van der Waals surface area contributed by atoms with Crippen LogP contribution in [0.15, 0.2) is 42.5 Å². The van der Waals surface area contributed by atoms with Gasteiger partial charge in [-0.2, -0.15) is 5.10 Å². The number of anilines is 1. The molecule has 0 spiro atoms. The van der Waals surface area contributed by atoms with Crippen molar-refractivity contribution < 1.29 is 9.53 Å². The van der Waals surface area contributed by atoms with E-state index in [1.54, 1.807) is 18.7 Å². The van der Waals surface area contributed by atoms with Crippen LogP contribution >= 0.6 is 0 Å². The Morgan fingerprint density at radius 3 is 2.64 bits per heavy atom. The molecule has 0 fully saturated rings. The van der Waals surface area contributed by atoms with E-state index in [1.807, 2.05) is 42.5 Å². The Morgan fingerprint density at radius 1 is 1.18 bits per heavy atom. The fourth-order valence-electron chi connectivity index (χ4n) is 2.59. The number of hydrogen-bond acceptors (Lipinski definition) is 3. The number of nitrogens with one attached hydrogen (secondary N) is 1. The van der Waals surface area contributed by atoms with Crippen molar-refractivity contribution >= 4 is 22.4 Å². The van der Waals surface area contributed by atoms with E-state index in [0.717, 1.165) is 16.5 Å². The SMILES string of the molecule is COc1c(C(=O)Nc2ccc3ccccc3c2)c(C)nn1C. The van der Waals surface area contributed by atoms with Gasteiger partial charge >= 0.3 is 0 Å². The van der Waals surface area contributed by atoms with Gasteiger partial charge in [-0.25, -0.2) is 4.68 Å². The van der Waals surface area contributed by atoms with Crippen LogP contribution in [0.2, 0.25) is 0 Å². The molecule has 0 aliphatic carbocycles. The molecular weight excluding hydrogens is 278 g/mol. The van der Waals surface area contributed by atoms with Gasteiger partial charge in [0, 0.05) is 12.7 Å². The zero-order valence-electron chi connectivity index (χ0n) is 12.8. The predicted molar refractivity (Wildman–Crippen MR) is 86.4 cm³/mol. The summed E-state index contributed by atoms with van der Waals surface area (Å²) in [6, 6.07) is 13.8. The lowest BCUT2D eigenvalue weighted by Gasteiger charge is -2.08. The first-order valence-corrected chi connectivity index (χ1v) is 6.98. The van der Waals surface area contributed by atoms with Crippen LogP contribution in [0.25, 0.3) is 10.8 Å². The number of methoxy groups -OCH3 is 1. The third-order valence-corrected chi connectivity index (χ3v) is 3.60. The number of carbonyl (C=O) groups excluding carboxylic acids is 1. The van der Waals surface area contributed by atoms with Crippen LogP contribution in [-0.2, 0) is 7.05 Å². The van der Waals surface area contributed by atoms with E-state index in [4.69, 9.17) is 4.74 Å². The zero-order valence-corrected chi connectivity index (χ0v) is 12.8. The summed E-state index contributed by atoms with van der Waals surface area (Å²) in [7, 11) is 3.28. The number of benzene rings is 2. The largest absolute Gasteiger partial charge is 0.481 e. The van der Waals surface area contributed by atoms with E-state index in [-0.39, 0.29) is 5.91 Å². The summed E-state index contributed by atoms with van der Waals surface area (Å²) in [6.45, 7) is 1.79. The molecule has 3 rings (SSSR count). The fourth-order valence-corrected chi connectivity index (χ4v) is 2.59. The second-order valence-electron chi connectivity index (χ2n) is 5.11. The first-order chi connectivity index (χ1) is 10.6. The van der Waals surface area contributed by atoms with Gasteiger partial charge in [-0.05, 0) is 29.8 Å². The molecule has 0 saturated carbocycles. The normalized spacial score (nSPS) is 10.7. The highest BCUT2D eigenvalue weighted by atomic mass is 16.5. The van der Waals surface area contributed by atoms with Gasteiger partial charge in [0.05, 0.1) is 12.8 Å². The second kappa shape index (κ2) is 5.52. The van der Waals surface area contributed by atoms with Gasteiger partial charge < -0.3 is 10.1 Å². The number of aryl methyl sites for hydroxylation is 2. The molecule has 0 aliphatic rings. The van der Waals surface area contributed by atoms with Gasteiger partial charge in [0.1, 0.15) is 5.56 Å². The van der Waals surface area contributed by atoms with Crippen molar-refractivity contribution in [1.29, 1.82) is 0 Å². The maximum Gasteiger partial charge on any atom is 0.263 e. The second-order valence-corrected chi connectivity index (χ2v) is 5.11. The third kappa shape index (κ3) is 2.41. The summed E-state index contributed by atoms with van der Waals surface area (Å²) in [5.74, 6) is 0.230. The van der Waals surface area contributed by atoms with Crippen LogP contribution in [0.4, 0.5) is 5.69 Å². The maximum atomic E-state index is 12.5. The van der Waals surface area contributed by atoms with Crippen molar-refractivity contribution in [3.8, 4) is 5.88 Å². The molecule has 3 aromatic rings. The van der Waals surface area contributed by atoms with E-state index in [9.17, 15) is 4.79 Å². The summed E-state index contributed by atoms with van der Waals surface area (Å²) in [4.78, 5) is 12.5. The average molecular weight is 295 g/mol. The molecule has 112 valence electrons. The van der Waals surface area contributed by atoms with Gasteiger partial charge in [0.15, 0.2) is 0 Å².